The highest BCUT2D eigenvalue weighted by Crippen LogP contribution is 2.47. The normalized spacial score (nSPS) is 23.9. The Morgan fingerprint density at radius 3 is 2.65 bits per heavy atom. The molecule has 3 aliphatic carbocycles. The largest absolute Gasteiger partial charge is 0.481 e. The van der Waals surface area contributed by atoms with E-state index in [0.29, 0.717) is 16.7 Å². The first kappa shape index (κ1) is 22.5. The molecular weight excluding hydrogens is 459 g/mol. The summed E-state index contributed by atoms with van der Waals surface area (Å²) in [5.74, 6) is -2.24. The van der Waals surface area contributed by atoms with E-state index in [1.807, 2.05) is 0 Å². The lowest BCUT2D eigenvalue weighted by Gasteiger charge is -2.47. The Morgan fingerprint density at radius 2 is 2.00 bits per heavy atom. The molecular formula is C24H24ClFN6O2. The van der Waals surface area contributed by atoms with Crippen molar-refractivity contribution in [1.82, 2.24) is 19.9 Å². The zero-order chi connectivity index (χ0) is 24.1. The van der Waals surface area contributed by atoms with Crippen LogP contribution in [0, 0.1) is 34.9 Å². The number of fused-ring (bicyclic) bond motifs is 4. The van der Waals surface area contributed by atoms with Crippen LogP contribution in [0.25, 0.3) is 22.4 Å². The van der Waals surface area contributed by atoms with Gasteiger partial charge in [-0.2, -0.15) is 5.26 Å². The summed E-state index contributed by atoms with van der Waals surface area (Å²) in [6.45, 7) is 3.61. The maximum absolute atomic E-state index is 15.8. The van der Waals surface area contributed by atoms with Crippen LogP contribution in [0.4, 0.5) is 10.2 Å². The number of rotatable bonds is 5. The van der Waals surface area contributed by atoms with E-state index >= 15 is 4.39 Å². The molecule has 3 saturated carbocycles. The first-order valence-corrected chi connectivity index (χ1v) is 11.8. The molecule has 34 heavy (non-hydrogen) atoms. The van der Waals surface area contributed by atoms with Crippen LogP contribution in [-0.4, -0.2) is 37.1 Å². The van der Waals surface area contributed by atoms with Crippen molar-refractivity contribution in [2.24, 2.45) is 17.8 Å². The molecule has 3 aliphatic rings. The van der Waals surface area contributed by atoms with E-state index in [9.17, 15) is 15.2 Å². The number of anilines is 1. The van der Waals surface area contributed by atoms with Gasteiger partial charge in [-0.05, 0) is 43.4 Å². The van der Waals surface area contributed by atoms with Gasteiger partial charge < -0.3 is 15.4 Å². The third kappa shape index (κ3) is 3.57. The summed E-state index contributed by atoms with van der Waals surface area (Å²) in [4.78, 5) is 28.2. The number of aliphatic carboxylic acids is 1. The fourth-order valence-electron chi connectivity index (χ4n) is 5.75. The van der Waals surface area contributed by atoms with Gasteiger partial charge in [-0.15, -0.1) is 0 Å². The number of nitriles is 1. The molecule has 8 nitrogen and oxygen atoms in total. The molecule has 0 aromatic carbocycles. The summed E-state index contributed by atoms with van der Waals surface area (Å²) in [6, 6.07) is 1.69. The summed E-state index contributed by atoms with van der Waals surface area (Å²) < 4.78 is 15.8. The maximum Gasteiger partial charge on any atom is 0.308 e. The van der Waals surface area contributed by atoms with Crippen LogP contribution < -0.4 is 5.32 Å². The van der Waals surface area contributed by atoms with Crippen LogP contribution in [0.1, 0.15) is 56.6 Å². The zero-order valence-electron chi connectivity index (χ0n) is 18.8. The van der Waals surface area contributed by atoms with Crippen molar-refractivity contribution in [3.8, 4) is 17.3 Å². The van der Waals surface area contributed by atoms with Crippen LogP contribution >= 0.6 is 11.6 Å². The minimum Gasteiger partial charge on any atom is -0.481 e. The van der Waals surface area contributed by atoms with Gasteiger partial charge in [0.05, 0.1) is 23.4 Å². The molecule has 0 spiro atoms. The minimum absolute atomic E-state index is 0.0363. The highest BCUT2D eigenvalue weighted by molar-refractivity contribution is 6.29. The molecule has 0 saturated heterocycles. The second kappa shape index (κ2) is 8.51. The standard InChI is InChI=1S/C24H24ClFN6O2/c1-10(2)16-13(7-27)20(14-8-28-23-21(14)30-15(25)9-29-23)32-22(18(16)26)31-19-12-5-3-11(4-6-12)17(19)24(33)34/h8-12,17,19H,3-6H2,1-2H3,(H,28,29)(H,31,32)(H,33,34)/t11?,12?,17-,19-/m0/s1. The van der Waals surface area contributed by atoms with Gasteiger partial charge in [0.15, 0.2) is 17.3 Å². The lowest BCUT2D eigenvalue weighted by molar-refractivity contribution is -0.148. The highest BCUT2D eigenvalue weighted by atomic mass is 35.5. The molecule has 0 aliphatic heterocycles. The first-order valence-electron chi connectivity index (χ1n) is 11.4. The lowest BCUT2D eigenvalue weighted by Crippen LogP contribution is -2.51. The van der Waals surface area contributed by atoms with E-state index in [2.05, 4.69) is 31.3 Å². The summed E-state index contributed by atoms with van der Waals surface area (Å²) in [5.41, 5.74) is 1.96. The van der Waals surface area contributed by atoms with Gasteiger partial charge in [0.2, 0.25) is 0 Å². The van der Waals surface area contributed by atoms with Crippen molar-refractivity contribution >= 4 is 34.6 Å². The van der Waals surface area contributed by atoms with Crippen molar-refractivity contribution < 1.29 is 14.3 Å². The SMILES string of the molecule is CC(C)c1c(F)c(N[C@H]2C3CCC(CC3)[C@@H]2C(=O)O)nc(-c2c[nH]c3ncc(Cl)nc23)c1C#N. The van der Waals surface area contributed by atoms with E-state index in [4.69, 9.17) is 11.6 Å². The van der Waals surface area contributed by atoms with Gasteiger partial charge in [0, 0.05) is 23.4 Å². The molecule has 0 unspecified atom stereocenters. The zero-order valence-corrected chi connectivity index (χ0v) is 19.5. The Bertz CT molecular complexity index is 1330. The maximum atomic E-state index is 15.8. The summed E-state index contributed by atoms with van der Waals surface area (Å²) >= 11 is 6.06. The average molecular weight is 483 g/mol. The first-order chi connectivity index (χ1) is 16.3. The molecule has 3 N–H and O–H groups in total. The van der Waals surface area contributed by atoms with Crippen LogP contribution in [0.2, 0.25) is 5.15 Å². The molecule has 2 bridgehead atoms. The van der Waals surface area contributed by atoms with E-state index < -0.39 is 23.7 Å². The Balaban J connectivity index is 1.68. The molecule has 176 valence electrons. The van der Waals surface area contributed by atoms with E-state index in [1.54, 1.807) is 20.0 Å². The number of hydrogen-bond donors (Lipinski definition) is 3. The van der Waals surface area contributed by atoms with Crippen LogP contribution in [0.5, 0.6) is 0 Å². The molecule has 6 rings (SSSR count). The molecule has 3 heterocycles. The summed E-state index contributed by atoms with van der Waals surface area (Å²) in [6.07, 6.45) is 6.60. The third-order valence-corrected chi connectivity index (χ3v) is 7.46. The van der Waals surface area contributed by atoms with Crippen molar-refractivity contribution in [1.29, 1.82) is 5.26 Å². The number of nitrogens with one attached hydrogen (secondary N) is 2. The molecule has 3 fully saturated rings. The smallest absolute Gasteiger partial charge is 0.308 e. The lowest BCUT2D eigenvalue weighted by atomic mass is 9.61. The minimum atomic E-state index is -0.869. The van der Waals surface area contributed by atoms with Gasteiger partial charge in [-0.1, -0.05) is 25.4 Å². The van der Waals surface area contributed by atoms with Crippen molar-refractivity contribution in [3.05, 3.63) is 34.5 Å². The Morgan fingerprint density at radius 1 is 1.29 bits per heavy atom. The van der Waals surface area contributed by atoms with Gasteiger partial charge in [0.1, 0.15) is 16.7 Å². The number of carbonyl (C=O) groups is 1. The average Bonchev–Trinajstić information content (AvgIpc) is 3.22. The van der Waals surface area contributed by atoms with Crippen molar-refractivity contribution in [2.75, 3.05) is 5.32 Å². The second-order valence-corrected chi connectivity index (χ2v) is 9.87. The fourth-order valence-corrected chi connectivity index (χ4v) is 5.88. The molecule has 3 aromatic rings. The summed E-state index contributed by atoms with van der Waals surface area (Å²) in [5, 5.41) is 23.3. The molecule has 3 aromatic heterocycles. The predicted octanol–water partition coefficient (Wildman–Crippen LogP) is 5.11. The summed E-state index contributed by atoms with van der Waals surface area (Å²) in [7, 11) is 0. The topological polar surface area (TPSA) is 128 Å². The van der Waals surface area contributed by atoms with E-state index in [0.717, 1.165) is 25.7 Å². The quantitative estimate of drug-likeness (QED) is 0.461. The van der Waals surface area contributed by atoms with E-state index in [-0.39, 0.29) is 45.5 Å². The molecule has 0 radical (unpaired) electrons. The van der Waals surface area contributed by atoms with E-state index in [1.165, 1.54) is 6.20 Å². The van der Waals surface area contributed by atoms with Gasteiger partial charge >= 0.3 is 5.97 Å². The molecule has 10 heteroatoms. The number of hydrogen-bond acceptors (Lipinski definition) is 6. The fraction of sp³-hybridized carbons (Fsp3) is 0.458. The number of aromatic amines is 1. The molecule has 0 amide bonds. The van der Waals surface area contributed by atoms with Crippen LogP contribution in [-0.2, 0) is 4.79 Å². The van der Waals surface area contributed by atoms with Crippen LogP contribution in [0.15, 0.2) is 12.4 Å². The third-order valence-electron chi connectivity index (χ3n) is 7.28. The van der Waals surface area contributed by atoms with Crippen LogP contribution in [0.3, 0.4) is 0 Å². The van der Waals surface area contributed by atoms with Crippen molar-refractivity contribution in [3.63, 3.8) is 0 Å². The monoisotopic (exact) mass is 482 g/mol. The Kier molecular flexibility index (Phi) is 5.64. The number of halogens is 2. The number of nitrogens with zero attached hydrogens (tertiary/aromatic N) is 4. The number of aromatic nitrogens is 4. The number of H-pyrrole nitrogens is 1. The highest BCUT2D eigenvalue weighted by Gasteiger charge is 2.47. The van der Waals surface area contributed by atoms with Gasteiger partial charge in [-0.25, -0.2) is 19.3 Å². The predicted molar refractivity (Wildman–Crippen MR) is 125 cm³/mol. The Labute approximate surface area is 200 Å². The number of pyridine rings is 1. The molecule has 2 atom stereocenters. The second-order valence-electron chi connectivity index (χ2n) is 9.48. The number of carboxylic acid groups (broad SMARTS) is 1. The number of carboxylic acids is 1. The van der Waals surface area contributed by atoms with Gasteiger partial charge in [-0.3, -0.25) is 4.79 Å². The van der Waals surface area contributed by atoms with Gasteiger partial charge in [0.25, 0.3) is 0 Å². The van der Waals surface area contributed by atoms with Crippen molar-refractivity contribution in [2.45, 2.75) is 51.5 Å². The Hall–Kier alpha value is -3.25.